The third-order valence-corrected chi connectivity index (χ3v) is 3.54. The first-order valence-corrected chi connectivity index (χ1v) is 7.32. The van der Waals surface area contributed by atoms with E-state index in [-0.39, 0.29) is 5.91 Å². The summed E-state index contributed by atoms with van der Waals surface area (Å²) in [6.45, 7) is 0.795. The van der Waals surface area contributed by atoms with Crippen LogP contribution in [0.4, 0.5) is 0 Å². The summed E-state index contributed by atoms with van der Waals surface area (Å²) in [6.07, 6.45) is 2.35. The molecule has 1 aliphatic rings. The average molecular weight is 306 g/mol. The number of ether oxygens (including phenoxy) is 1. The van der Waals surface area contributed by atoms with Gasteiger partial charge in [-0.05, 0) is 37.1 Å². The Bertz CT molecular complexity index is 637. The highest BCUT2D eigenvalue weighted by Crippen LogP contribution is 2.38. The zero-order valence-electron chi connectivity index (χ0n) is 11.4. The van der Waals surface area contributed by atoms with Gasteiger partial charge in [0.1, 0.15) is 18.1 Å². The highest BCUT2D eigenvalue weighted by atomic mass is 35.5. The van der Waals surface area contributed by atoms with E-state index in [1.54, 1.807) is 12.1 Å². The fourth-order valence-corrected chi connectivity index (χ4v) is 2.22. The zero-order chi connectivity index (χ0) is 14.7. The predicted octanol–water partition coefficient (Wildman–Crippen LogP) is 2.75. The van der Waals surface area contributed by atoms with Crippen LogP contribution in [-0.4, -0.2) is 29.3 Å². The number of amides is 1. The van der Waals surface area contributed by atoms with Crippen molar-refractivity contribution in [2.45, 2.75) is 18.8 Å². The van der Waals surface area contributed by atoms with Crippen LogP contribution >= 0.6 is 11.6 Å². The molecule has 21 heavy (non-hydrogen) atoms. The number of nitrogens with one attached hydrogen (secondary N) is 2. The number of halogens is 1. The van der Waals surface area contributed by atoms with Gasteiger partial charge in [0.05, 0.1) is 6.54 Å². The number of aromatic amines is 1. The Kier molecular flexibility index (Phi) is 4.10. The number of carbonyl (C=O) groups excluding carboxylic acids is 1. The Balaban J connectivity index is 1.43. The van der Waals surface area contributed by atoms with E-state index < -0.39 is 0 Å². The lowest BCUT2D eigenvalue weighted by molar-refractivity contribution is 0.0942. The molecule has 5 nitrogen and oxygen atoms in total. The summed E-state index contributed by atoms with van der Waals surface area (Å²) in [6, 6.07) is 8.98. The van der Waals surface area contributed by atoms with Crippen LogP contribution in [-0.2, 0) is 0 Å². The number of nitrogens with zero attached hydrogens (tertiary/aromatic N) is 1. The minimum atomic E-state index is -0.187. The molecule has 0 spiro atoms. The third-order valence-electron chi connectivity index (χ3n) is 3.30. The lowest BCUT2D eigenvalue weighted by Gasteiger charge is -2.07. The Hall–Kier alpha value is -2.01. The summed E-state index contributed by atoms with van der Waals surface area (Å²) in [4.78, 5) is 11.9. The number of H-pyrrole nitrogens is 1. The van der Waals surface area contributed by atoms with Gasteiger partial charge in [-0.1, -0.05) is 17.7 Å². The number of hydrogen-bond acceptors (Lipinski definition) is 3. The topological polar surface area (TPSA) is 67.0 Å². The van der Waals surface area contributed by atoms with Crippen LogP contribution in [0.3, 0.4) is 0 Å². The third kappa shape index (κ3) is 3.76. The van der Waals surface area contributed by atoms with E-state index in [9.17, 15) is 4.79 Å². The molecule has 1 aliphatic carbocycles. The van der Waals surface area contributed by atoms with E-state index in [0.29, 0.717) is 35.5 Å². The van der Waals surface area contributed by atoms with Crippen LogP contribution in [0.1, 0.15) is 34.9 Å². The largest absolute Gasteiger partial charge is 0.492 e. The molecule has 2 aromatic rings. The smallest absolute Gasteiger partial charge is 0.271 e. The summed E-state index contributed by atoms with van der Waals surface area (Å²) in [5, 5.41) is 10.3. The molecule has 0 atom stereocenters. The second-order valence-corrected chi connectivity index (χ2v) is 5.48. The molecule has 1 heterocycles. The average Bonchev–Trinajstić information content (AvgIpc) is 3.21. The molecule has 6 heteroatoms. The van der Waals surface area contributed by atoms with Crippen molar-refractivity contribution in [1.82, 2.24) is 15.5 Å². The minimum Gasteiger partial charge on any atom is -0.492 e. The SMILES string of the molecule is O=C(NCCOc1cccc(Cl)c1)c1cc(C2CC2)[nH]n1. The molecule has 1 fully saturated rings. The Morgan fingerprint density at radius 2 is 2.29 bits per heavy atom. The molecule has 1 saturated carbocycles. The predicted molar refractivity (Wildman–Crippen MR) is 79.8 cm³/mol. The van der Waals surface area contributed by atoms with E-state index >= 15 is 0 Å². The summed E-state index contributed by atoms with van der Waals surface area (Å²) < 4.78 is 5.50. The minimum absolute atomic E-state index is 0.187. The maximum atomic E-state index is 11.9. The molecule has 1 aromatic heterocycles. The monoisotopic (exact) mass is 305 g/mol. The standard InChI is InChI=1S/C15H16ClN3O2/c16-11-2-1-3-12(8-11)21-7-6-17-15(20)14-9-13(18-19-14)10-4-5-10/h1-3,8-10H,4-7H2,(H,17,20)(H,18,19). The van der Waals surface area contributed by atoms with Crippen molar-refractivity contribution >= 4 is 17.5 Å². The second-order valence-electron chi connectivity index (χ2n) is 5.04. The van der Waals surface area contributed by atoms with Gasteiger partial charge in [0.2, 0.25) is 0 Å². The molecule has 0 aliphatic heterocycles. The van der Waals surface area contributed by atoms with E-state index in [2.05, 4.69) is 15.5 Å². The lowest BCUT2D eigenvalue weighted by atomic mass is 10.2. The first-order chi connectivity index (χ1) is 10.2. The summed E-state index contributed by atoms with van der Waals surface area (Å²) >= 11 is 5.86. The number of carbonyl (C=O) groups is 1. The van der Waals surface area contributed by atoms with Crippen molar-refractivity contribution in [2.24, 2.45) is 0 Å². The van der Waals surface area contributed by atoms with E-state index in [4.69, 9.17) is 16.3 Å². The first kappa shape index (κ1) is 13.9. The molecule has 0 radical (unpaired) electrons. The molecule has 110 valence electrons. The molecule has 3 rings (SSSR count). The molecule has 0 unspecified atom stereocenters. The Labute approximate surface area is 127 Å². The molecule has 0 saturated heterocycles. The number of aromatic nitrogens is 2. The van der Waals surface area contributed by atoms with E-state index in [0.717, 1.165) is 5.69 Å². The van der Waals surface area contributed by atoms with Crippen LogP contribution in [0.25, 0.3) is 0 Å². The molecule has 1 aromatic carbocycles. The zero-order valence-corrected chi connectivity index (χ0v) is 12.2. The van der Waals surface area contributed by atoms with Gasteiger partial charge in [-0.2, -0.15) is 5.10 Å². The Morgan fingerprint density at radius 1 is 1.43 bits per heavy atom. The van der Waals surface area contributed by atoms with Crippen LogP contribution < -0.4 is 10.1 Å². The normalized spacial score (nSPS) is 14.0. The highest BCUT2D eigenvalue weighted by molar-refractivity contribution is 6.30. The van der Waals surface area contributed by atoms with Gasteiger partial charge in [-0.15, -0.1) is 0 Å². The molecule has 1 amide bonds. The van der Waals surface area contributed by atoms with Crippen LogP contribution in [0.15, 0.2) is 30.3 Å². The highest BCUT2D eigenvalue weighted by Gasteiger charge is 2.26. The summed E-state index contributed by atoms with van der Waals surface area (Å²) in [5.41, 5.74) is 1.48. The molecule has 2 N–H and O–H groups in total. The number of rotatable bonds is 6. The quantitative estimate of drug-likeness (QED) is 0.806. The fraction of sp³-hybridized carbons (Fsp3) is 0.333. The van der Waals surface area contributed by atoms with Crippen LogP contribution in [0, 0.1) is 0 Å². The molecular weight excluding hydrogens is 290 g/mol. The first-order valence-electron chi connectivity index (χ1n) is 6.94. The van der Waals surface area contributed by atoms with Crippen molar-refractivity contribution in [3.05, 3.63) is 46.7 Å². The Morgan fingerprint density at radius 3 is 3.05 bits per heavy atom. The van der Waals surface area contributed by atoms with Gasteiger partial charge in [0.15, 0.2) is 0 Å². The van der Waals surface area contributed by atoms with Crippen molar-refractivity contribution < 1.29 is 9.53 Å². The van der Waals surface area contributed by atoms with Crippen molar-refractivity contribution in [1.29, 1.82) is 0 Å². The lowest BCUT2D eigenvalue weighted by Crippen LogP contribution is -2.28. The van der Waals surface area contributed by atoms with Gasteiger partial charge >= 0.3 is 0 Å². The van der Waals surface area contributed by atoms with Gasteiger partial charge in [-0.3, -0.25) is 9.89 Å². The second kappa shape index (κ2) is 6.18. The van der Waals surface area contributed by atoms with E-state index in [1.807, 2.05) is 18.2 Å². The van der Waals surface area contributed by atoms with Gasteiger partial charge in [-0.25, -0.2) is 0 Å². The van der Waals surface area contributed by atoms with Crippen molar-refractivity contribution in [3.63, 3.8) is 0 Å². The summed E-state index contributed by atoms with van der Waals surface area (Å²) in [5.74, 6) is 1.06. The maximum absolute atomic E-state index is 11.9. The van der Waals surface area contributed by atoms with Gasteiger partial charge in [0.25, 0.3) is 5.91 Å². The van der Waals surface area contributed by atoms with Crippen LogP contribution in [0.2, 0.25) is 5.02 Å². The van der Waals surface area contributed by atoms with Gasteiger partial charge in [0, 0.05) is 16.6 Å². The van der Waals surface area contributed by atoms with Crippen LogP contribution in [0.5, 0.6) is 5.75 Å². The maximum Gasteiger partial charge on any atom is 0.271 e. The molecular formula is C15H16ClN3O2. The number of hydrogen-bond donors (Lipinski definition) is 2. The number of benzene rings is 1. The fourth-order valence-electron chi connectivity index (χ4n) is 2.04. The van der Waals surface area contributed by atoms with Crippen molar-refractivity contribution in [2.75, 3.05) is 13.2 Å². The van der Waals surface area contributed by atoms with E-state index in [1.165, 1.54) is 12.8 Å². The molecule has 0 bridgehead atoms. The van der Waals surface area contributed by atoms with Gasteiger partial charge < -0.3 is 10.1 Å². The van der Waals surface area contributed by atoms with Crippen molar-refractivity contribution in [3.8, 4) is 5.75 Å². The summed E-state index contributed by atoms with van der Waals surface area (Å²) in [7, 11) is 0.